The molecular formula is C11H13NO. The normalized spacial score (nSPS) is 9.31. The van der Waals surface area contributed by atoms with Crippen molar-refractivity contribution in [2.75, 3.05) is 13.7 Å². The van der Waals surface area contributed by atoms with E-state index in [2.05, 4.69) is 4.85 Å². The van der Waals surface area contributed by atoms with Crippen molar-refractivity contribution in [1.29, 1.82) is 0 Å². The summed E-state index contributed by atoms with van der Waals surface area (Å²) < 4.78 is 5.22. The predicted octanol–water partition coefficient (Wildman–Crippen LogP) is 2.47. The van der Waals surface area contributed by atoms with E-state index in [0.29, 0.717) is 6.54 Å². The molecule has 0 fully saturated rings. The van der Waals surface area contributed by atoms with E-state index >= 15 is 0 Å². The molecule has 1 aromatic rings. The number of methoxy groups -OCH3 is 1. The van der Waals surface area contributed by atoms with Crippen LogP contribution < -0.4 is 4.74 Å². The van der Waals surface area contributed by atoms with Crippen LogP contribution >= 0.6 is 0 Å². The maximum atomic E-state index is 6.71. The molecule has 13 heavy (non-hydrogen) atoms. The fraction of sp³-hybridized carbons (Fsp3) is 0.364. The minimum atomic E-state index is 0.527. The number of aryl methyl sites for hydroxylation is 1. The van der Waals surface area contributed by atoms with Crippen LogP contribution in [0.5, 0.6) is 5.75 Å². The van der Waals surface area contributed by atoms with Gasteiger partial charge in [0.2, 0.25) is 6.54 Å². The number of benzene rings is 1. The van der Waals surface area contributed by atoms with Crippen LogP contribution in [0.15, 0.2) is 18.2 Å². The average molecular weight is 175 g/mol. The van der Waals surface area contributed by atoms with Crippen LogP contribution in [0, 0.1) is 13.5 Å². The highest BCUT2D eigenvalue weighted by molar-refractivity contribution is 5.37. The molecule has 0 amide bonds. The van der Waals surface area contributed by atoms with Gasteiger partial charge in [0.05, 0.1) is 7.11 Å². The lowest BCUT2D eigenvalue weighted by Crippen LogP contribution is -1.94. The standard InChI is InChI=1S/C11H13NO/c1-9-4-5-10(6-7-12-2)11(8-9)13-3/h4-5,8H,6-7H2,1,3H3. The molecule has 0 atom stereocenters. The van der Waals surface area contributed by atoms with Crippen LogP contribution in [-0.4, -0.2) is 13.7 Å². The lowest BCUT2D eigenvalue weighted by atomic mass is 10.1. The lowest BCUT2D eigenvalue weighted by molar-refractivity contribution is 0.409. The Kier molecular flexibility index (Phi) is 3.33. The van der Waals surface area contributed by atoms with Crippen molar-refractivity contribution in [3.63, 3.8) is 0 Å². The van der Waals surface area contributed by atoms with Crippen LogP contribution in [0.1, 0.15) is 11.1 Å². The van der Waals surface area contributed by atoms with E-state index in [-0.39, 0.29) is 0 Å². The first-order chi connectivity index (χ1) is 6.27. The second kappa shape index (κ2) is 4.51. The summed E-state index contributed by atoms with van der Waals surface area (Å²) in [6.07, 6.45) is 0.771. The van der Waals surface area contributed by atoms with Crippen molar-refractivity contribution in [3.8, 4) is 5.75 Å². The Hall–Kier alpha value is -1.49. The van der Waals surface area contributed by atoms with Crippen molar-refractivity contribution in [2.45, 2.75) is 13.3 Å². The fourth-order valence-electron chi connectivity index (χ4n) is 1.23. The monoisotopic (exact) mass is 175 g/mol. The molecule has 0 unspecified atom stereocenters. The largest absolute Gasteiger partial charge is 0.496 e. The molecule has 0 bridgehead atoms. The molecule has 0 aliphatic rings. The zero-order valence-electron chi connectivity index (χ0n) is 8.00. The zero-order valence-corrected chi connectivity index (χ0v) is 8.00. The van der Waals surface area contributed by atoms with E-state index in [4.69, 9.17) is 11.3 Å². The Morgan fingerprint density at radius 2 is 2.23 bits per heavy atom. The second-order valence-electron chi connectivity index (χ2n) is 2.95. The van der Waals surface area contributed by atoms with Crippen molar-refractivity contribution in [3.05, 3.63) is 40.7 Å². The zero-order chi connectivity index (χ0) is 9.68. The lowest BCUT2D eigenvalue weighted by Gasteiger charge is -2.06. The van der Waals surface area contributed by atoms with Crippen molar-refractivity contribution >= 4 is 0 Å². The number of hydrogen-bond donors (Lipinski definition) is 0. The van der Waals surface area contributed by atoms with Crippen molar-refractivity contribution in [1.82, 2.24) is 0 Å². The van der Waals surface area contributed by atoms with Gasteiger partial charge in [0, 0.05) is 12.0 Å². The van der Waals surface area contributed by atoms with Crippen LogP contribution in [0.3, 0.4) is 0 Å². The third-order valence-electron chi connectivity index (χ3n) is 1.94. The number of rotatable bonds is 3. The van der Waals surface area contributed by atoms with E-state index in [1.165, 1.54) is 5.56 Å². The second-order valence-corrected chi connectivity index (χ2v) is 2.95. The number of nitrogens with zero attached hydrogens (tertiary/aromatic N) is 1. The van der Waals surface area contributed by atoms with Gasteiger partial charge in [-0.2, -0.15) is 0 Å². The third-order valence-corrected chi connectivity index (χ3v) is 1.94. The van der Waals surface area contributed by atoms with Crippen molar-refractivity contribution in [2.24, 2.45) is 0 Å². The first kappa shape index (κ1) is 9.60. The van der Waals surface area contributed by atoms with E-state index in [0.717, 1.165) is 17.7 Å². The highest BCUT2D eigenvalue weighted by atomic mass is 16.5. The summed E-state index contributed by atoms with van der Waals surface area (Å²) >= 11 is 0. The summed E-state index contributed by atoms with van der Waals surface area (Å²) in [6.45, 7) is 9.26. The summed E-state index contributed by atoms with van der Waals surface area (Å²) in [6, 6.07) is 6.07. The smallest absolute Gasteiger partial charge is 0.218 e. The van der Waals surface area contributed by atoms with Gasteiger partial charge in [0.25, 0.3) is 0 Å². The molecule has 0 saturated heterocycles. The molecule has 68 valence electrons. The Balaban J connectivity index is 2.87. The number of ether oxygens (including phenoxy) is 1. The Labute approximate surface area is 79.0 Å². The van der Waals surface area contributed by atoms with Crippen LogP contribution in [-0.2, 0) is 6.42 Å². The number of hydrogen-bond acceptors (Lipinski definition) is 1. The third kappa shape index (κ3) is 2.48. The van der Waals surface area contributed by atoms with Gasteiger partial charge in [-0.1, -0.05) is 12.1 Å². The summed E-state index contributed by atoms with van der Waals surface area (Å²) in [5.41, 5.74) is 2.30. The molecule has 1 rings (SSSR count). The molecule has 0 N–H and O–H groups in total. The Morgan fingerprint density at radius 1 is 1.46 bits per heavy atom. The molecular weight excluding hydrogens is 162 g/mol. The van der Waals surface area contributed by atoms with Gasteiger partial charge >= 0.3 is 0 Å². The molecule has 2 heteroatoms. The van der Waals surface area contributed by atoms with Crippen LogP contribution in [0.4, 0.5) is 0 Å². The minimum absolute atomic E-state index is 0.527. The van der Waals surface area contributed by atoms with E-state index in [9.17, 15) is 0 Å². The van der Waals surface area contributed by atoms with Crippen LogP contribution in [0.25, 0.3) is 4.85 Å². The highest BCUT2D eigenvalue weighted by Crippen LogP contribution is 2.20. The van der Waals surface area contributed by atoms with E-state index in [1.807, 2.05) is 25.1 Å². The summed E-state index contributed by atoms with van der Waals surface area (Å²) in [5, 5.41) is 0. The molecule has 0 aliphatic heterocycles. The average Bonchev–Trinajstić information content (AvgIpc) is 2.16. The summed E-state index contributed by atoms with van der Waals surface area (Å²) in [7, 11) is 1.66. The minimum Gasteiger partial charge on any atom is -0.496 e. The molecule has 0 aliphatic carbocycles. The molecule has 0 radical (unpaired) electrons. The van der Waals surface area contributed by atoms with Gasteiger partial charge in [-0.3, -0.25) is 0 Å². The first-order valence-corrected chi connectivity index (χ1v) is 4.24. The summed E-state index contributed by atoms with van der Waals surface area (Å²) in [4.78, 5) is 3.32. The van der Waals surface area contributed by atoms with Gasteiger partial charge in [0.15, 0.2) is 0 Å². The van der Waals surface area contributed by atoms with Crippen LogP contribution in [0.2, 0.25) is 0 Å². The van der Waals surface area contributed by atoms with E-state index in [1.54, 1.807) is 7.11 Å². The van der Waals surface area contributed by atoms with E-state index < -0.39 is 0 Å². The maximum absolute atomic E-state index is 6.71. The maximum Gasteiger partial charge on any atom is 0.218 e. The van der Waals surface area contributed by atoms with Gasteiger partial charge in [-0.15, -0.1) is 0 Å². The first-order valence-electron chi connectivity index (χ1n) is 4.24. The Bertz CT molecular complexity index is 325. The topological polar surface area (TPSA) is 13.6 Å². The highest BCUT2D eigenvalue weighted by Gasteiger charge is 2.03. The Morgan fingerprint density at radius 3 is 2.85 bits per heavy atom. The molecule has 0 heterocycles. The SMILES string of the molecule is [C-]#[N+]CCc1ccc(C)cc1OC. The van der Waals surface area contributed by atoms with Gasteiger partial charge < -0.3 is 9.58 Å². The van der Waals surface area contributed by atoms with Crippen molar-refractivity contribution < 1.29 is 4.74 Å². The molecule has 0 aromatic heterocycles. The predicted molar refractivity (Wildman–Crippen MR) is 52.9 cm³/mol. The molecule has 0 spiro atoms. The molecule has 1 aromatic carbocycles. The molecule has 2 nitrogen and oxygen atoms in total. The fourth-order valence-corrected chi connectivity index (χ4v) is 1.23. The molecule has 0 saturated carbocycles. The van der Waals surface area contributed by atoms with Gasteiger partial charge in [0.1, 0.15) is 5.75 Å². The summed E-state index contributed by atoms with van der Waals surface area (Å²) in [5.74, 6) is 0.892. The van der Waals surface area contributed by atoms with Gasteiger partial charge in [-0.05, 0) is 18.6 Å². The quantitative estimate of drug-likeness (QED) is 0.643. The van der Waals surface area contributed by atoms with Gasteiger partial charge in [-0.25, -0.2) is 6.57 Å².